The van der Waals surface area contributed by atoms with Gasteiger partial charge in [-0.25, -0.2) is 0 Å². The Balaban J connectivity index is 3.06. The number of hydrogen-bond acceptors (Lipinski definition) is 2. The minimum Gasteiger partial charge on any atom is -0.394 e. The molecule has 0 aromatic rings. The lowest BCUT2D eigenvalue weighted by Gasteiger charge is -2.01. The Hall–Kier alpha value is -0.340. The predicted molar refractivity (Wildman–Crippen MR) is 71.4 cm³/mol. The normalized spacial score (nSPS) is 13.4. The van der Waals surface area contributed by atoms with Crippen molar-refractivity contribution in [2.45, 2.75) is 70.8 Å². The molecule has 0 fully saturated rings. The maximum absolute atomic E-state index is 8.70. The maximum atomic E-state index is 8.70. The molecule has 0 aliphatic carbocycles. The third kappa shape index (κ3) is 11.7. The molecule has 3 N–H and O–H groups in total. The smallest absolute Gasteiger partial charge is 0.0618 e. The molecule has 0 amide bonds. The van der Waals surface area contributed by atoms with E-state index in [-0.39, 0.29) is 12.6 Å². The van der Waals surface area contributed by atoms with E-state index >= 15 is 0 Å². The Morgan fingerprint density at radius 2 is 1.56 bits per heavy atom. The van der Waals surface area contributed by atoms with Crippen molar-refractivity contribution in [1.82, 2.24) is 0 Å². The van der Waals surface area contributed by atoms with Gasteiger partial charge >= 0.3 is 0 Å². The molecule has 0 saturated carbocycles. The first kappa shape index (κ1) is 15.7. The molecule has 1 atom stereocenters. The van der Waals surface area contributed by atoms with Gasteiger partial charge in [-0.05, 0) is 12.8 Å². The summed E-state index contributed by atoms with van der Waals surface area (Å²) >= 11 is 0. The van der Waals surface area contributed by atoms with Crippen LogP contribution in [0, 0.1) is 0 Å². The third-order valence-corrected chi connectivity index (χ3v) is 2.82. The van der Waals surface area contributed by atoms with Crippen LogP contribution in [0.1, 0.15) is 64.7 Å². The van der Waals surface area contributed by atoms with Gasteiger partial charge in [-0.15, -0.1) is 0 Å². The Bertz CT molecular complexity index is 157. The fourth-order valence-electron chi connectivity index (χ4n) is 1.73. The Morgan fingerprint density at radius 1 is 1.00 bits per heavy atom. The van der Waals surface area contributed by atoms with Crippen LogP contribution in [0.4, 0.5) is 0 Å². The Labute approximate surface area is 101 Å². The summed E-state index contributed by atoms with van der Waals surface area (Å²) in [6.45, 7) is 2.30. The molecule has 16 heavy (non-hydrogen) atoms. The van der Waals surface area contributed by atoms with Crippen LogP contribution in [0.2, 0.25) is 0 Å². The Kier molecular flexibility index (Phi) is 12.5. The number of hydrogen-bond donors (Lipinski definition) is 2. The van der Waals surface area contributed by atoms with E-state index in [9.17, 15) is 0 Å². The van der Waals surface area contributed by atoms with Gasteiger partial charge in [-0.2, -0.15) is 0 Å². The molecule has 0 aliphatic rings. The van der Waals surface area contributed by atoms with E-state index in [2.05, 4.69) is 13.0 Å². The molecular formula is C14H29NO. The van der Waals surface area contributed by atoms with E-state index in [0.29, 0.717) is 0 Å². The van der Waals surface area contributed by atoms with Crippen LogP contribution in [0.5, 0.6) is 0 Å². The molecule has 0 aromatic heterocycles. The van der Waals surface area contributed by atoms with Crippen LogP contribution in [0.25, 0.3) is 0 Å². The summed E-state index contributed by atoms with van der Waals surface area (Å²) < 4.78 is 0. The topological polar surface area (TPSA) is 46.2 Å². The molecule has 0 heterocycles. The lowest BCUT2D eigenvalue weighted by atomic mass is 10.1. The number of aliphatic hydroxyl groups excluding tert-OH is 1. The maximum Gasteiger partial charge on any atom is 0.0618 e. The van der Waals surface area contributed by atoms with Gasteiger partial charge in [0.05, 0.1) is 6.61 Å². The molecule has 1 unspecified atom stereocenters. The van der Waals surface area contributed by atoms with Crippen molar-refractivity contribution < 1.29 is 5.11 Å². The van der Waals surface area contributed by atoms with Gasteiger partial charge in [0.2, 0.25) is 0 Å². The van der Waals surface area contributed by atoms with Crippen LogP contribution in [0.15, 0.2) is 12.2 Å². The number of nitrogens with two attached hydrogens (primary N) is 1. The number of rotatable bonds is 11. The molecule has 0 rings (SSSR count). The minimum atomic E-state index is -0.172. The summed E-state index contributed by atoms with van der Waals surface area (Å²) in [6.07, 6.45) is 16.0. The van der Waals surface area contributed by atoms with Crippen molar-refractivity contribution in [3.63, 3.8) is 0 Å². The first-order valence-electron chi connectivity index (χ1n) is 6.84. The SMILES string of the molecule is CCCCCCCCCC/C=C/C(N)CO. The second-order valence-electron chi connectivity index (χ2n) is 4.54. The largest absolute Gasteiger partial charge is 0.394 e. The molecule has 2 heteroatoms. The van der Waals surface area contributed by atoms with Crippen LogP contribution >= 0.6 is 0 Å². The van der Waals surface area contributed by atoms with Crippen molar-refractivity contribution >= 4 is 0 Å². The van der Waals surface area contributed by atoms with Crippen LogP contribution in [0.3, 0.4) is 0 Å². The zero-order valence-electron chi connectivity index (χ0n) is 10.8. The molecule has 0 aliphatic heterocycles. The summed E-state index contributed by atoms with van der Waals surface area (Å²) in [5, 5.41) is 8.70. The second kappa shape index (κ2) is 12.7. The molecule has 2 nitrogen and oxygen atoms in total. The summed E-state index contributed by atoms with van der Waals surface area (Å²) in [4.78, 5) is 0. The highest BCUT2D eigenvalue weighted by Crippen LogP contribution is 2.09. The highest BCUT2D eigenvalue weighted by Gasteiger charge is 1.92. The van der Waals surface area contributed by atoms with Gasteiger partial charge in [0.1, 0.15) is 0 Å². The number of unbranched alkanes of at least 4 members (excludes halogenated alkanes) is 8. The number of allylic oxidation sites excluding steroid dienone is 1. The minimum absolute atomic E-state index is 0.0495. The monoisotopic (exact) mass is 227 g/mol. The summed E-state index contributed by atoms with van der Waals surface area (Å²) in [6, 6.07) is -0.172. The lowest BCUT2D eigenvalue weighted by molar-refractivity contribution is 0.284. The van der Waals surface area contributed by atoms with Crippen molar-refractivity contribution in [3.05, 3.63) is 12.2 Å². The average Bonchev–Trinajstić information content (AvgIpc) is 2.31. The lowest BCUT2D eigenvalue weighted by Crippen LogP contribution is -2.20. The summed E-state index contributed by atoms with van der Waals surface area (Å²) in [5.74, 6) is 0. The summed E-state index contributed by atoms with van der Waals surface area (Å²) in [5.41, 5.74) is 5.55. The second-order valence-corrected chi connectivity index (χ2v) is 4.54. The van der Waals surface area contributed by atoms with Gasteiger partial charge in [0.25, 0.3) is 0 Å². The molecule has 0 bridgehead atoms. The van der Waals surface area contributed by atoms with Crippen molar-refractivity contribution in [1.29, 1.82) is 0 Å². The number of aliphatic hydroxyl groups is 1. The van der Waals surface area contributed by atoms with Crippen LogP contribution in [-0.2, 0) is 0 Å². The zero-order valence-corrected chi connectivity index (χ0v) is 10.8. The molecule has 0 aromatic carbocycles. The van der Waals surface area contributed by atoms with Gasteiger partial charge in [-0.3, -0.25) is 0 Å². The van der Waals surface area contributed by atoms with E-state index in [1.807, 2.05) is 6.08 Å². The fraction of sp³-hybridized carbons (Fsp3) is 0.857. The fourth-order valence-corrected chi connectivity index (χ4v) is 1.73. The first-order chi connectivity index (χ1) is 7.81. The average molecular weight is 227 g/mol. The van der Waals surface area contributed by atoms with E-state index in [0.717, 1.165) is 6.42 Å². The quantitative estimate of drug-likeness (QED) is 0.420. The van der Waals surface area contributed by atoms with E-state index < -0.39 is 0 Å². The van der Waals surface area contributed by atoms with Crippen LogP contribution < -0.4 is 5.73 Å². The molecule has 0 radical (unpaired) electrons. The molecular weight excluding hydrogens is 198 g/mol. The van der Waals surface area contributed by atoms with Crippen molar-refractivity contribution in [2.24, 2.45) is 5.73 Å². The van der Waals surface area contributed by atoms with E-state index in [1.165, 1.54) is 51.4 Å². The van der Waals surface area contributed by atoms with Gasteiger partial charge in [0.15, 0.2) is 0 Å². The molecule has 0 spiro atoms. The van der Waals surface area contributed by atoms with Crippen molar-refractivity contribution in [3.8, 4) is 0 Å². The van der Waals surface area contributed by atoms with E-state index in [1.54, 1.807) is 0 Å². The molecule has 0 saturated heterocycles. The standard InChI is InChI=1S/C14H29NO/c1-2-3-4-5-6-7-8-9-10-11-12-14(15)13-16/h11-12,14,16H,2-10,13,15H2,1H3/b12-11+. The van der Waals surface area contributed by atoms with E-state index in [4.69, 9.17) is 10.8 Å². The predicted octanol–water partition coefficient (Wildman–Crippen LogP) is 3.39. The third-order valence-electron chi connectivity index (χ3n) is 2.82. The highest BCUT2D eigenvalue weighted by atomic mass is 16.3. The zero-order chi connectivity index (χ0) is 12.1. The molecule has 96 valence electrons. The first-order valence-corrected chi connectivity index (χ1v) is 6.84. The Morgan fingerprint density at radius 3 is 2.12 bits per heavy atom. The highest BCUT2D eigenvalue weighted by molar-refractivity contribution is 4.90. The van der Waals surface area contributed by atoms with Gasteiger partial charge in [0, 0.05) is 6.04 Å². The van der Waals surface area contributed by atoms with Crippen molar-refractivity contribution in [2.75, 3.05) is 6.61 Å². The van der Waals surface area contributed by atoms with Gasteiger partial charge in [-0.1, -0.05) is 64.0 Å². The van der Waals surface area contributed by atoms with Crippen LogP contribution in [-0.4, -0.2) is 17.8 Å². The summed E-state index contributed by atoms with van der Waals surface area (Å²) in [7, 11) is 0. The van der Waals surface area contributed by atoms with Gasteiger partial charge < -0.3 is 10.8 Å².